The molecule has 0 radical (unpaired) electrons. The lowest BCUT2D eigenvalue weighted by Crippen LogP contribution is -2.21. The van der Waals surface area contributed by atoms with Gasteiger partial charge in [0.05, 0.1) is 7.11 Å². The van der Waals surface area contributed by atoms with E-state index >= 15 is 0 Å². The molecule has 0 saturated carbocycles. The van der Waals surface area contributed by atoms with Crippen LogP contribution in [0.25, 0.3) is 0 Å². The van der Waals surface area contributed by atoms with E-state index < -0.39 is 0 Å². The Kier molecular flexibility index (Phi) is 3.46. The Hall–Kier alpha value is -1.38. The van der Waals surface area contributed by atoms with Gasteiger partial charge in [0.25, 0.3) is 0 Å². The minimum atomic E-state index is -0.243. The molecular weight excluding hydrogens is 219 g/mol. The third kappa shape index (κ3) is 2.19. The topological polar surface area (TPSA) is 26.3 Å². The lowest BCUT2D eigenvalue weighted by atomic mass is 9.79. The number of ketones is 1. The van der Waals surface area contributed by atoms with E-state index in [4.69, 9.17) is 4.74 Å². The first-order valence-corrected chi connectivity index (χ1v) is 6.06. The molecule has 0 aliphatic heterocycles. The molecule has 0 aromatic heterocycles. The van der Waals surface area contributed by atoms with Gasteiger partial charge in [0, 0.05) is 18.4 Å². The summed E-state index contributed by atoms with van der Waals surface area (Å²) in [6.07, 6.45) is 2.69. The maximum Gasteiger partial charge on any atom is 0.140 e. The molecule has 0 fully saturated rings. The van der Waals surface area contributed by atoms with Crippen molar-refractivity contribution < 1.29 is 13.9 Å². The van der Waals surface area contributed by atoms with Crippen LogP contribution in [0.4, 0.5) is 4.39 Å². The van der Waals surface area contributed by atoms with E-state index in [2.05, 4.69) is 0 Å². The minimum Gasteiger partial charge on any atom is -0.497 e. The summed E-state index contributed by atoms with van der Waals surface area (Å²) in [5.41, 5.74) is 1.53. The molecule has 17 heavy (non-hydrogen) atoms. The number of carbonyl (C=O) groups is 1. The lowest BCUT2D eigenvalue weighted by Gasteiger charge is -2.25. The molecule has 0 amide bonds. The second-order valence-electron chi connectivity index (χ2n) is 4.48. The summed E-state index contributed by atoms with van der Waals surface area (Å²) in [6, 6.07) is 3.22. The summed E-state index contributed by atoms with van der Waals surface area (Å²) in [5, 5.41) is 0. The number of halogens is 1. The molecule has 1 aromatic carbocycles. The van der Waals surface area contributed by atoms with Gasteiger partial charge in [0.1, 0.15) is 17.3 Å². The van der Waals surface area contributed by atoms with Crippen molar-refractivity contribution in [1.29, 1.82) is 0 Å². The van der Waals surface area contributed by atoms with Gasteiger partial charge in [-0.1, -0.05) is 13.3 Å². The van der Waals surface area contributed by atoms with Gasteiger partial charge >= 0.3 is 0 Å². The lowest BCUT2D eigenvalue weighted by molar-refractivity contribution is -0.121. The van der Waals surface area contributed by atoms with E-state index in [1.807, 2.05) is 13.0 Å². The van der Waals surface area contributed by atoms with Crippen LogP contribution in [0.15, 0.2) is 12.1 Å². The predicted octanol–water partition coefficient (Wildman–Crippen LogP) is 3.23. The largest absolute Gasteiger partial charge is 0.497 e. The van der Waals surface area contributed by atoms with Crippen molar-refractivity contribution in [1.82, 2.24) is 0 Å². The molecule has 2 nitrogen and oxygen atoms in total. The zero-order valence-corrected chi connectivity index (χ0v) is 10.3. The Morgan fingerprint density at radius 1 is 1.41 bits per heavy atom. The summed E-state index contributed by atoms with van der Waals surface area (Å²) in [7, 11) is 1.51. The maximum absolute atomic E-state index is 13.9. The summed E-state index contributed by atoms with van der Waals surface area (Å²) in [4.78, 5) is 11.9. The van der Waals surface area contributed by atoms with E-state index in [1.54, 1.807) is 0 Å². The Bertz CT molecular complexity index is 440. The zero-order chi connectivity index (χ0) is 12.4. The van der Waals surface area contributed by atoms with Crippen molar-refractivity contribution in [3.8, 4) is 5.75 Å². The molecular formula is C14H17FO2. The Morgan fingerprint density at radius 2 is 2.18 bits per heavy atom. The second-order valence-corrected chi connectivity index (χ2v) is 4.48. The van der Waals surface area contributed by atoms with Gasteiger partial charge in [-0.15, -0.1) is 0 Å². The minimum absolute atomic E-state index is 0.145. The molecule has 0 bridgehead atoms. The van der Waals surface area contributed by atoms with Crippen molar-refractivity contribution in [2.24, 2.45) is 0 Å². The number of hydrogen-bond donors (Lipinski definition) is 0. The predicted molar refractivity (Wildman–Crippen MR) is 63.9 cm³/mol. The smallest absolute Gasteiger partial charge is 0.140 e. The number of methoxy groups -OCH3 is 1. The zero-order valence-electron chi connectivity index (χ0n) is 10.3. The average molecular weight is 236 g/mol. The van der Waals surface area contributed by atoms with Crippen LogP contribution in [0, 0.1) is 5.82 Å². The highest BCUT2D eigenvalue weighted by molar-refractivity contribution is 5.88. The number of ether oxygens (including phenoxy) is 1. The van der Waals surface area contributed by atoms with Crippen LogP contribution in [0.3, 0.4) is 0 Å². The van der Waals surface area contributed by atoms with Gasteiger partial charge in [0.2, 0.25) is 0 Å². The first-order chi connectivity index (χ1) is 8.17. The van der Waals surface area contributed by atoms with Crippen LogP contribution >= 0.6 is 0 Å². The van der Waals surface area contributed by atoms with Crippen molar-refractivity contribution in [3.63, 3.8) is 0 Å². The summed E-state index contributed by atoms with van der Waals surface area (Å²) in [6.45, 7) is 2.04. The van der Waals surface area contributed by atoms with Crippen LogP contribution in [0.2, 0.25) is 0 Å². The molecule has 0 spiro atoms. The van der Waals surface area contributed by atoms with E-state index in [0.717, 1.165) is 18.4 Å². The van der Waals surface area contributed by atoms with Crippen LogP contribution in [-0.2, 0) is 11.2 Å². The van der Waals surface area contributed by atoms with Crippen molar-refractivity contribution in [2.75, 3.05) is 7.11 Å². The monoisotopic (exact) mass is 236 g/mol. The molecule has 92 valence electrons. The Morgan fingerprint density at radius 3 is 2.82 bits per heavy atom. The molecule has 3 heteroatoms. The van der Waals surface area contributed by atoms with E-state index in [1.165, 1.54) is 13.2 Å². The summed E-state index contributed by atoms with van der Waals surface area (Å²) >= 11 is 0. The SMILES string of the molecule is CCCC1C(=O)CCc2c(F)cc(OC)cc21. The molecule has 0 saturated heterocycles. The van der Waals surface area contributed by atoms with Gasteiger partial charge < -0.3 is 4.74 Å². The van der Waals surface area contributed by atoms with Crippen molar-refractivity contribution in [2.45, 2.75) is 38.5 Å². The Balaban J connectivity index is 2.49. The van der Waals surface area contributed by atoms with Crippen molar-refractivity contribution in [3.05, 3.63) is 29.1 Å². The highest BCUT2D eigenvalue weighted by Crippen LogP contribution is 2.36. The fourth-order valence-corrected chi connectivity index (χ4v) is 2.53. The highest BCUT2D eigenvalue weighted by atomic mass is 19.1. The van der Waals surface area contributed by atoms with Crippen LogP contribution in [0.1, 0.15) is 43.2 Å². The van der Waals surface area contributed by atoms with Gasteiger partial charge in [-0.25, -0.2) is 4.39 Å². The molecule has 1 aliphatic carbocycles. The quantitative estimate of drug-likeness (QED) is 0.805. The molecule has 1 atom stereocenters. The fourth-order valence-electron chi connectivity index (χ4n) is 2.53. The first-order valence-electron chi connectivity index (χ1n) is 6.06. The maximum atomic E-state index is 13.9. The average Bonchev–Trinajstić information content (AvgIpc) is 2.32. The third-order valence-electron chi connectivity index (χ3n) is 3.40. The van der Waals surface area contributed by atoms with Gasteiger partial charge in [-0.2, -0.15) is 0 Å². The summed E-state index contributed by atoms with van der Waals surface area (Å²) < 4.78 is 18.9. The number of fused-ring (bicyclic) bond motifs is 1. The van der Waals surface area contributed by atoms with Gasteiger partial charge in [0.15, 0.2) is 0 Å². The van der Waals surface area contributed by atoms with Crippen LogP contribution < -0.4 is 4.74 Å². The van der Waals surface area contributed by atoms with E-state index in [9.17, 15) is 9.18 Å². The van der Waals surface area contributed by atoms with Gasteiger partial charge in [-0.3, -0.25) is 4.79 Å². The first kappa shape index (κ1) is 12.1. The molecule has 1 unspecified atom stereocenters. The standard InChI is InChI=1S/C14H17FO2/c1-3-4-11-12-7-9(17-2)8-13(15)10(12)5-6-14(11)16/h7-8,11H,3-6H2,1-2H3. The highest BCUT2D eigenvalue weighted by Gasteiger charge is 2.29. The van der Waals surface area contributed by atoms with E-state index in [0.29, 0.717) is 24.2 Å². The van der Waals surface area contributed by atoms with Crippen LogP contribution in [-0.4, -0.2) is 12.9 Å². The number of rotatable bonds is 3. The van der Waals surface area contributed by atoms with Crippen molar-refractivity contribution >= 4 is 5.78 Å². The molecule has 1 aromatic rings. The second kappa shape index (κ2) is 4.86. The number of Topliss-reactive ketones (excluding diaryl/α,β-unsaturated/α-hetero) is 1. The number of benzene rings is 1. The third-order valence-corrected chi connectivity index (χ3v) is 3.40. The fraction of sp³-hybridized carbons (Fsp3) is 0.500. The van der Waals surface area contributed by atoms with Gasteiger partial charge in [-0.05, 0) is 30.0 Å². The number of carbonyl (C=O) groups excluding carboxylic acids is 1. The Labute approximate surface area is 101 Å². The molecule has 1 aliphatic rings. The molecule has 0 heterocycles. The normalized spacial score (nSPS) is 19.0. The summed E-state index contributed by atoms with van der Waals surface area (Å²) in [5.74, 6) is 0.338. The van der Waals surface area contributed by atoms with Crippen LogP contribution in [0.5, 0.6) is 5.75 Å². The number of hydrogen-bond acceptors (Lipinski definition) is 2. The van der Waals surface area contributed by atoms with E-state index in [-0.39, 0.29) is 17.5 Å². The molecule has 2 rings (SSSR count). The molecule has 0 N–H and O–H groups in total.